The van der Waals surface area contributed by atoms with Gasteiger partial charge in [0.15, 0.2) is 0 Å². The zero-order valence-electron chi connectivity index (χ0n) is 7.81. The Morgan fingerprint density at radius 3 is 2.93 bits per heavy atom. The highest BCUT2D eigenvalue weighted by Gasteiger charge is 2.37. The van der Waals surface area contributed by atoms with Crippen molar-refractivity contribution < 1.29 is 19.4 Å². The molecule has 0 radical (unpaired) electrons. The number of hydrogen-bond donors (Lipinski definition) is 1. The Balaban J connectivity index is 2.05. The van der Waals surface area contributed by atoms with Gasteiger partial charge in [-0.15, -0.1) is 0 Å². The topological polar surface area (TPSA) is 66.8 Å². The second kappa shape index (κ2) is 3.48. The Hall–Kier alpha value is -1.26. The highest BCUT2D eigenvalue weighted by atomic mass is 16.6. The van der Waals surface area contributed by atoms with Crippen molar-refractivity contribution in [3.8, 4) is 0 Å². The first kappa shape index (κ1) is 9.30. The highest BCUT2D eigenvalue weighted by molar-refractivity contribution is 5.73. The van der Waals surface area contributed by atoms with Crippen LogP contribution in [0.4, 0.5) is 4.79 Å². The first-order valence-corrected chi connectivity index (χ1v) is 4.84. The van der Waals surface area contributed by atoms with E-state index in [1.807, 2.05) is 0 Å². The Kier molecular flexibility index (Phi) is 2.31. The molecule has 2 rings (SSSR count). The zero-order valence-corrected chi connectivity index (χ0v) is 7.81. The summed E-state index contributed by atoms with van der Waals surface area (Å²) in [6.07, 6.45) is 1.93. The maximum atomic E-state index is 11.3. The number of carboxylic acid groups (broad SMARTS) is 1. The third-order valence-corrected chi connectivity index (χ3v) is 2.97. The molecule has 2 heterocycles. The molecule has 2 atom stereocenters. The zero-order chi connectivity index (χ0) is 10.1. The monoisotopic (exact) mass is 199 g/mol. The first-order chi connectivity index (χ1) is 6.68. The summed E-state index contributed by atoms with van der Waals surface area (Å²) in [6, 6.07) is 0.201. The van der Waals surface area contributed by atoms with Crippen molar-refractivity contribution in [2.24, 2.45) is 5.92 Å². The van der Waals surface area contributed by atoms with Crippen LogP contribution in [0.1, 0.15) is 19.3 Å². The summed E-state index contributed by atoms with van der Waals surface area (Å²) in [5.41, 5.74) is 0. The lowest BCUT2D eigenvalue weighted by Gasteiger charge is -2.40. The molecule has 1 amide bonds. The summed E-state index contributed by atoms with van der Waals surface area (Å²) in [7, 11) is 0. The van der Waals surface area contributed by atoms with Crippen molar-refractivity contribution in [2.45, 2.75) is 25.3 Å². The molecule has 0 spiro atoms. The minimum atomic E-state index is -0.818. The minimum absolute atomic E-state index is 0.201. The number of amides is 1. The second-order valence-electron chi connectivity index (χ2n) is 3.82. The summed E-state index contributed by atoms with van der Waals surface area (Å²) in [5.74, 6) is -1.24. The van der Waals surface area contributed by atoms with E-state index in [0.717, 1.165) is 12.8 Å². The van der Waals surface area contributed by atoms with Gasteiger partial charge in [-0.25, -0.2) is 4.79 Å². The van der Waals surface area contributed by atoms with Gasteiger partial charge in [-0.2, -0.15) is 0 Å². The smallest absolute Gasteiger partial charge is 0.410 e. The van der Waals surface area contributed by atoms with Crippen molar-refractivity contribution in [3.05, 3.63) is 0 Å². The third-order valence-electron chi connectivity index (χ3n) is 2.97. The fraction of sp³-hybridized carbons (Fsp3) is 0.778. The van der Waals surface area contributed by atoms with E-state index in [2.05, 4.69) is 0 Å². The Bertz CT molecular complexity index is 266. The van der Waals surface area contributed by atoms with Gasteiger partial charge in [-0.1, -0.05) is 0 Å². The number of ether oxygens (including phenoxy) is 1. The van der Waals surface area contributed by atoms with Gasteiger partial charge in [0.1, 0.15) is 0 Å². The highest BCUT2D eigenvalue weighted by Crippen LogP contribution is 2.27. The second-order valence-corrected chi connectivity index (χ2v) is 3.82. The van der Waals surface area contributed by atoms with Crippen LogP contribution in [0, 0.1) is 5.92 Å². The van der Waals surface area contributed by atoms with E-state index in [4.69, 9.17) is 9.84 Å². The predicted octanol–water partition coefficient (Wildman–Crippen LogP) is 0.692. The molecular weight excluding hydrogens is 186 g/mol. The number of carbonyl (C=O) groups excluding carboxylic acids is 1. The fourth-order valence-corrected chi connectivity index (χ4v) is 2.12. The van der Waals surface area contributed by atoms with Gasteiger partial charge in [0.25, 0.3) is 0 Å². The van der Waals surface area contributed by atoms with Gasteiger partial charge in [0.05, 0.1) is 12.5 Å². The number of carboxylic acids is 1. The van der Waals surface area contributed by atoms with Crippen LogP contribution < -0.4 is 0 Å². The average molecular weight is 199 g/mol. The van der Waals surface area contributed by atoms with Crippen LogP contribution in [0.3, 0.4) is 0 Å². The van der Waals surface area contributed by atoms with E-state index in [1.54, 1.807) is 4.90 Å². The molecule has 2 fully saturated rings. The molecule has 5 nitrogen and oxygen atoms in total. The van der Waals surface area contributed by atoms with Crippen molar-refractivity contribution >= 4 is 12.1 Å². The number of rotatable bonds is 1. The first-order valence-electron chi connectivity index (χ1n) is 4.84. The van der Waals surface area contributed by atoms with Gasteiger partial charge in [-0.3, -0.25) is 4.79 Å². The molecule has 2 aliphatic rings. The van der Waals surface area contributed by atoms with E-state index in [-0.39, 0.29) is 12.1 Å². The molecule has 5 heteroatoms. The van der Waals surface area contributed by atoms with Crippen molar-refractivity contribution in [2.75, 3.05) is 13.2 Å². The molecule has 0 aliphatic carbocycles. The van der Waals surface area contributed by atoms with Crippen LogP contribution in [0.5, 0.6) is 0 Å². The molecule has 78 valence electrons. The van der Waals surface area contributed by atoms with Crippen LogP contribution in [-0.4, -0.2) is 41.3 Å². The number of piperidine rings is 1. The SMILES string of the molecule is O=C(O)C1CCC2CCOC(=O)N2C1. The molecule has 14 heavy (non-hydrogen) atoms. The summed E-state index contributed by atoms with van der Waals surface area (Å²) >= 11 is 0. The molecule has 0 aromatic heterocycles. The number of aliphatic carboxylic acids is 1. The third kappa shape index (κ3) is 1.54. The van der Waals surface area contributed by atoms with Gasteiger partial charge < -0.3 is 14.7 Å². The van der Waals surface area contributed by atoms with Gasteiger partial charge >= 0.3 is 12.1 Å². The van der Waals surface area contributed by atoms with Gasteiger partial charge in [0.2, 0.25) is 0 Å². The Morgan fingerprint density at radius 2 is 2.21 bits per heavy atom. The molecule has 0 bridgehead atoms. The maximum Gasteiger partial charge on any atom is 0.410 e. The molecule has 0 aromatic rings. The summed E-state index contributed by atoms with van der Waals surface area (Å²) in [5, 5.41) is 8.84. The van der Waals surface area contributed by atoms with E-state index in [9.17, 15) is 9.59 Å². The summed E-state index contributed by atoms with van der Waals surface area (Å²) in [4.78, 5) is 23.6. The molecular formula is C9H13NO4. The van der Waals surface area contributed by atoms with Crippen molar-refractivity contribution in [3.63, 3.8) is 0 Å². The van der Waals surface area contributed by atoms with Crippen molar-refractivity contribution in [1.29, 1.82) is 0 Å². The molecule has 2 unspecified atom stereocenters. The maximum absolute atomic E-state index is 11.3. The quantitative estimate of drug-likeness (QED) is 0.674. The molecule has 0 aromatic carbocycles. The van der Waals surface area contributed by atoms with Crippen LogP contribution in [-0.2, 0) is 9.53 Å². The molecule has 0 saturated carbocycles. The van der Waals surface area contributed by atoms with Gasteiger partial charge in [0, 0.05) is 19.0 Å². The Morgan fingerprint density at radius 1 is 1.43 bits per heavy atom. The van der Waals surface area contributed by atoms with Crippen LogP contribution >= 0.6 is 0 Å². The van der Waals surface area contributed by atoms with E-state index in [1.165, 1.54) is 0 Å². The van der Waals surface area contributed by atoms with E-state index in [0.29, 0.717) is 19.6 Å². The largest absolute Gasteiger partial charge is 0.481 e. The summed E-state index contributed by atoms with van der Waals surface area (Å²) in [6.45, 7) is 0.774. The number of cyclic esters (lactones) is 1. The van der Waals surface area contributed by atoms with Crippen molar-refractivity contribution in [1.82, 2.24) is 4.90 Å². The summed E-state index contributed by atoms with van der Waals surface area (Å²) < 4.78 is 4.87. The predicted molar refractivity (Wildman–Crippen MR) is 46.8 cm³/mol. The molecule has 2 aliphatic heterocycles. The number of carbonyl (C=O) groups is 2. The molecule has 1 N–H and O–H groups in total. The normalized spacial score (nSPS) is 32.0. The standard InChI is InChI=1S/C9H13NO4/c11-8(12)6-1-2-7-3-4-14-9(13)10(7)5-6/h6-7H,1-5H2,(H,11,12). The van der Waals surface area contributed by atoms with E-state index < -0.39 is 11.9 Å². The lowest BCUT2D eigenvalue weighted by molar-refractivity contribution is -0.144. The average Bonchev–Trinajstić information content (AvgIpc) is 2.18. The van der Waals surface area contributed by atoms with Crippen LogP contribution in [0.25, 0.3) is 0 Å². The lowest BCUT2D eigenvalue weighted by atomic mass is 9.91. The van der Waals surface area contributed by atoms with E-state index >= 15 is 0 Å². The Labute approximate surface area is 81.6 Å². The lowest BCUT2D eigenvalue weighted by Crippen LogP contribution is -2.52. The number of nitrogens with zero attached hydrogens (tertiary/aromatic N) is 1. The molecule has 2 saturated heterocycles. The number of fused-ring (bicyclic) bond motifs is 1. The van der Waals surface area contributed by atoms with Crippen LogP contribution in [0.15, 0.2) is 0 Å². The van der Waals surface area contributed by atoms with Crippen LogP contribution in [0.2, 0.25) is 0 Å². The van der Waals surface area contributed by atoms with Gasteiger partial charge in [-0.05, 0) is 12.8 Å². The number of hydrogen-bond acceptors (Lipinski definition) is 3. The fourth-order valence-electron chi connectivity index (χ4n) is 2.12. The minimum Gasteiger partial charge on any atom is -0.481 e.